The molecule has 1 unspecified atom stereocenters. The zero-order valence-corrected chi connectivity index (χ0v) is 12.0. The van der Waals surface area contributed by atoms with Gasteiger partial charge in [0.15, 0.2) is 0 Å². The van der Waals surface area contributed by atoms with E-state index in [9.17, 15) is 9.90 Å². The minimum Gasteiger partial charge on any atom is -0.429 e. The number of aliphatic hydroxyl groups is 1. The van der Waals surface area contributed by atoms with Gasteiger partial charge in [-0.2, -0.15) is 0 Å². The summed E-state index contributed by atoms with van der Waals surface area (Å²) in [5.41, 5.74) is 2.77. The molecule has 0 rings (SSSR count). The summed E-state index contributed by atoms with van der Waals surface area (Å²) in [6.45, 7) is 9.42. The van der Waals surface area contributed by atoms with E-state index in [0.717, 1.165) is 18.4 Å². The first-order valence-corrected chi connectivity index (χ1v) is 6.19. The molecule has 0 aromatic carbocycles. The minimum atomic E-state index is -1.17. The van der Waals surface area contributed by atoms with Gasteiger partial charge in [0.25, 0.3) is 0 Å². The normalized spacial score (nSPS) is 14.1. The van der Waals surface area contributed by atoms with Gasteiger partial charge in [-0.05, 0) is 53.5 Å². The number of hydrogen-bond donors (Lipinski definition) is 1. The second-order valence-corrected chi connectivity index (χ2v) is 4.60. The van der Waals surface area contributed by atoms with Crippen LogP contribution in [0.5, 0.6) is 0 Å². The van der Waals surface area contributed by atoms with Gasteiger partial charge >= 0.3 is 5.97 Å². The average Bonchev–Trinajstić information content (AvgIpc) is 2.26. The van der Waals surface area contributed by atoms with Gasteiger partial charge in [-0.15, -0.1) is 0 Å². The van der Waals surface area contributed by atoms with Gasteiger partial charge in [0.05, 0.1) is 0 Å². The van der Waals surface area contributed by atoms with Crippen LogP contribution in [0, 0.1) is 0 Å². The number of carbonyl (C=O) groups is 1. The Balaban J connectivity index is 4.24. The molecule has 1 atom stereocenters. The number of hydrogen-bond acceptors (Lipinski definition) is 3. The highest BCUT2D eigenvalue weighted by molar-refractivity contribution is 5.87. The lowest BCUT2D eigenvalue weighted by Crippen LogP contribution is -2.16. The molecule has 18 heavy (non-hydrogen) atoms. The second-order valence-electron chi connectivity index (χ2n) is 4.60. The molecule has 0 spiro atoms. The van der Waals surface area contributed by atoms with Crippen LogP contribution in [0.15, 0.2) is 34.9 Å². The summed E-state index contributed by atoms with van der Waals surface area (Å²) < 4.78 is 4.86. The smallest absolute Gasteiger partial charge is 0.335 e. The van der Waals surface area contributed by atoms with Crippen molar-refractivity contribution in [2.24, 2.45) is 0 Å². The van der Waals surface area contributed by atoms with Gasteiger partial charge in [0, 0.05) is 5.57 Å². The van der Waals surface area contributed by atoms with Crippen LogP contribution < -0.4 is 0 Å². The molecule has 0 aliphatic carbocycles. The summed E-state index contributed by atoms with van der Waals surface area (Å²) in [6.07, 6.45) is 5.97. The SMILES string of the molecule is C/C=C(\C)C(=O)OC(O)/C=C(\C)CCC=C(C)C. The van der Waals surface area contributed by atoms with Gasteiger partial charge in [-0.1, -0.05) is 23.3 Å². The Hall–Kier alpha value is -1.35. The van der Waals surface area contributed by atoms with Crippen molar-refractivity contribution >= 4 is 5.97 Å². The lowest BCUT2D eigenvalue weighted by molar-refractivity contribution is -0.155. The van der Waals surface area contributed by atoms with E-state index in [0.29, 0.717) is 5.57 Å². The standard InChI is InChI=1S/C15H24O3/c1-6-13(5)15(17)18-14(16)10-12(4)9-7-8-11(2)3/h6,8,10,14,16H,7,9H2,1-5H3/b12-10+,13-6+. The van der Waals surface area contributed by atoms with Crippen molar-refractivity contribution in [1.29, 1.82) is 0 Å². The largest absolute Gasteiger partial charge is 0.429 e. The molecule has 0 heterocycles. The van der Waals surface area contributed by atoms with E-state index >= 15 is 0 Å². The van der Waals surface area contributed by atoms with E-state index < -0.39 is 12.3 Å². The Morgan fingerprint density at radius 2 is 1.89 bits per heavy atom. The highest BCUT2D eigenvalue weighted by Gasteiger charge is 2.09. The Kier molecular flexibility index (Phi) is 8.05. The molecule has 0 fully saturated rings. The molecular formula is C15H24O3. The van der Waals surface area contributed by atoms with E-state index in [1.165, 1.54) is 5.57 Å². The molecule has 0 radical (unpaired) electrons. The molecule has 0 saturated carbocycles. The predicted molar refractivity (Wildman–Crippen MR) is 74.0 cm³/mol. The summed E-state index contributed by atoms with van der Waals surface area (Å²) in [6, 6.07) is 0. The fourth-order valence-corrected chi connectivity index (χ4v) is 1.27. The Labute approximate surface area is 110 Å². The third kappa shape index (κ3) is 7.85. The quantitative estimate of drug-likeness (QED) is 0.340. The van der Waals surface area contributed by atoms with E-state index in [-0.39, 0.29) is 0 Å². The summed E-state index contributed by atoms with van der Waals surface area (Å²) in [5.74, 6) is -0.488. The van der Waals surface area contributed by atoms with Gasteiger partial charge < -0.3 is 9.84 Å². The van der Waals surface area contributed by atoms with Gasteiger partial charge in [-0.3, -0.25) is 0 Å². The molecule has 0 aliphatic rings. The molecule has 0 saturated heterocycles. The van der Waals surface area contributed by atoms with Crippen LogP contribution >= 0.6 is 0 Å². The molecule has 1 N–H and O–H groups in total. The number of esters is 1. The molecule has 3 nitrogen and oxygen atoms in total. The summed E-state index contributed by atoms with van der Waals surface area (Å²) in [7, 11) is 0. The predicted octanol–water partition coefficient (Wildman–Crippen LogP) is 3.51. The average molecular weight is 252 g/mol. The first-order valence-electron chi connectivity index (χ1n) is 6.19. The number of ether oxygens (including phenoxy) is 1. The van der Waals surface area contributed by atoms with Crippen LogP contribution in [-0.4, -0.2) is 17.4 Å². The Bertz CT molecular complexity index is 358. The van der Waals surface area contributed by atoms with Crippen molar-refractivity contribution in [3.8, 4) is 0 Å². The third-order valence-electron chi connectivity index (χ3n) is 2.50. The Morgan fingerprint density at radius 3 is 2.39 bits per heavy atom. The van der Waals surface area contributed by atoms with Crippen LogP contribution in [0.1, 0.15) is 47.5 Å². The van der Waals surface area contributed by atoms with Crippen molar-refractivity contribution in [2.75, 3.05) is 0 Å². The van der Waals surface area contributed by atoms with Gasteiger partial charge in [0.1, 0.15) is 0 Å². The van der Waals surface area contributed by atoms with Crippen molar-refractivity contribution in [1.82, 2.24) is 0 Å². The first-order chi connectivity index (χ1) is 8.36. The van der Waals surface area contributed by atoms with E-state index in [2.05, 4.69) is 19.9 Å². The highest BCUT2D eigenvalue weighted by atomic mass is 16.6. The molecule has 0 aliphatic heterocycles. The molecular weight excluding hydrogens is 228 g/mol. The van der Waals surface area contributed by atoms with Crippen LogP contribution in [0.2, 0.25) is 0 Å². The maximum absolute atomic E-state index is 11.4. The van der Waals surface area contributed by atoms with Gasteiger partial charge in [-0.25, -0.2) is 4.79 Å². The van der Waals surface area contributed by atoms with Crippen LogP contribution in [-0.2, 0) is 9.53 Å². The second kappa shape index (κ2) is 8.70. The minimum absolute atomic E-state index is 0.488. The first kappa shape index (κ1) is 16.6. The van der Waals surface area contributed by atoms with Crippen molar-refractivity contribution in [2.45, 2.75) is 53.8 Å². The summed E-state index contributed by atoms with van der Waals surface area (Å²) >= 11 is 0. The van der Waals surface area contributed by atoms with Crippen LogP contribution in [0.4, 0.5) is 0 Å². The monoisotopic (exact) mass is 252 g/mol. The summed E-state index contributed by atoms with van der Waals surface area (Å²) in [4.78, 5) is 11.4. The van der Waals surface area contributed by atoms with Crippen molar-refractivity contribution in [3.63, 3.8) is 0 Å². The lowest BCUT2D eigenvalue weighted by atomic mass is 10.1. The third-order valence-corrected chi connectivity index (χ3v) is 2.50. The molecule has 0 aromatic heterocycles. The fourth-order valence-electron chi connectivity index (χ4n) is 1.27. The number of carbonyl (C=O) groups excluding carboxylic acids is 1. The zero-order valence-electron chi connectivity index (χ0n) is 12.0. The molecule has 102 valence electrons. The Morgan fingerprint density at radius 1 is 1.28 bits per heavy atom. The van der Waals surface area contributed by atoms with Crippen molar-refractivity contribution in [3.05, 3.63) is 34.9 Å². The number of rotatable bonds is 6. The lowest BCUT2D eigenvalue weighted by Gasteiger charge is -2.09. The maximum Gasteiger partial charge on any atom is 0.335 e. The van der Waals surface area contributed by atoms with Crippen molar-refractivity contribution < 1.29 is 14.6 Å². The van der Waals surface area contributed by atoms with E-state index in [4.69, 9.17) is 4.74 Å². The van der Waals surface area contributed by atoms with Crippen LogP contribution in [0.3, 0.4) is 0 Å². The topological polar surface area (TPSA) is 46.5 Å². The maximum atomic E-state index is 11.4. The van der Waals surface area contributed by atoms with E-state index in [1.807, 2.05) is 6.92 Å². The van der Waals surface area contributed by atoms with Crippen LogP contribution in [0.25, 0.3) is 0 Å². The zero-order chi connectivity index (χ0) is 14.1. The van der Waals surface area contributed by atoms with E-state index in [1.54, 1.807) is 26.0 Å². The molecule has 3 heteroatoms. The highest BCUT2D eigenvalue weighted by Crippen LogP contribution is 2.09. The number of aliphatic hydroxyl groups excluding tert-OH is 1. The summed E-state index contributed by atoms with van der Waals surface area (Å²) in [5, 5.41) is 9.58. The fraction of sp³-hybridized carbons (Fsp3) is 0.533. The number of allylic oxidation sites excluding steroid dienone is 4. The molecule has 0 aromatic rings. The molecule has 0 bridgehead atoms. The van der Waals surface area contributed by atoms with Gasteiger partial charge in [0.2, 0.25) is 6.29 Å². The molecule has 0 amide bonds.